The van der Waals surface area contributed by atoms with Gasteiger partial charge in [-0.05, 0) is 36.3 Å². The average molecular weight is 292 g/mol. The van der Waals surface area contributed by atoms with Crippen molar-refractivity contribution in [1.82, 2.24) is 0 Å². The number of hydrogen-bond donors (Lipinski definition) is 1. The molecule has 1 heterocycles. The van der Waals surface area contributed by atoms with Crippen LogP contribution in [-0.4, -0.2) is 4.92 Å². The van der Waals surface area contributed by atoms with Crippen LogP contribution in [0.3, 0.4) is 0 Å². The number of nitrogens with one attached hydrogen (secondary N) is 1. The second-order valence-corrected chi connectivity index (χ2v) is 5.91. The van der Waals surface area contributed by atoms with Gasteiger partial charge in [-0.1, -0.05) is 6.07 Å². The van der Waals surface area contributed by atoms with Gasteiger partial charge in [-0.25, -0.2) is 4.39 Å². The zero-order valence-electron chi connectivity index (χ0n) is 10.6. The van der Waals surface area contributed by atoms with Crippen molar-refractivity contribution in [2.45, 2.75) is 18.9 Å². The van der Waals surface area contributed by atoms with Crippen molar-refractivity contribution in [1.29, 1.82) is 0 Å². The van der Waals surface area contributed by atoms with Gasteiger partial charge in [0.1, 0.15) is 5.82 Å². The van der Waals surface area contributed by atoms with E-state index in [2.05, 4.69) is 5.32 Å². The summed E-state index contributed by atoms with van der Waals surface area (Å²) in [5.41, 5.74) is 0.232. The van der Waals surface area contributed by atoms with Gasteiger partial charge in [-0.3, -0.25) is 10.1 Å². The summed E-state index contributed by atoms with van der Waals surface area (Å²) in [6, 6.07) is 7.74. The van der Waals surface area contributed by atoms with Crippen molar-refractivity contribution in [3.05, 3.63) is 56.5 Å². The van der Waals surface area contributed by atoms with E-state index in [-0.39, 0.29) is 11.7 Å². The van der Waals surface area contributed by atoms with Crippen LogP contribution in [0.5, 0.6) is 0 Å². The molecular weight excluding hydrogens is 279 g/mol. The van der Waals surface area contributed by atoms with Gasteiger partial charge < -0.3 is 5.32 Å². The van der Waals surface area contributed by atoms with Crippen molar-refractivity contribution in [2.75, 3.05) is 5.32 Å². The van der Waals surface area contributed by atoms with Crippen molar-refractivity contribution in [3.63, 3.8) is 0 Å². The van der Waals surface area contributed by atoms with Crippen LogP contribution >= 0.6 is 11.3 Å². The number of anilines is 1. The van der Waals surface area contributed by atoms with E-state index in [1.165, 1.54) is 17.0 Å². The molecule has 0 radical (unpaired) electrons. The van der Waals surface area contributed by atoms with Crippen molar-refractivity contribution in [2.24, 2.45) is 5.92 Å². The summed E-state index contributed by atoms with van der Waals surface area (Å²) in [4.78, 5) is 11.4. The highest BCUT2D eigenvalue weighted by atomic mass is 32.1. The van der Waals surface area contributed by atoms with E-state index < -0.39 is 10.7 Å². The Morgan fingerprint density at radius 2 is 2.20 bits per heavy atom. The molecule has 0 bridgehead atoms. The number of nitro benzene ring substituents is 1. The minimum Gasteiger partial charge on any atom is -0.377 e. The Hall–Kier alpha value is -1.95. The van der Waals surface area contributed by atoms with Crippen LogP contribution in [0.1, 0.15) is 23.8 Å². The molecule has 1 saturated carbocycles. The lowest BCUT2D eigenvalue weighted by Gasteiger charge is -2.18. The fourth-order valence-electron chi connectivity index (χ4n) is 2.26. The summed E-state index contributed by atoms with van der Waals surface area (Å²) >= 11 is 1.64. The standard InChI is InChI=1S/C14H13FN2O2S/c15-10-6-11(8-12(7-10)17(18)19)16-14(9-3-4-9)13-2-1-5-20-13/h1-2,5-9,14,16H,3-4H2. The molecule has 104 valence electrons. The first-order valence-electron chi connectivity index (χ1n) is 6.38. The van der Waals surface area contributed by atoms with E-state index in [1.807, 2.05) is 17.5 Å². The molecule has 20 heavy (non-hydrogen) atoms. The van der Waals surface area contributed by atoms with Crippen LogP contribution < -0.4 is 5.32 Å². The van der Waals surface area contributed by atoms with Gasteiger partial charge >= 0.3 is 0 Å². The molecule has 0 amide bonds. The highest BCUT2D eigenvalue weighted by Crippen LogP contribution is 2.44. The molecule has 1 aromatic carbocycles. The Morgan fingerprint density at radius 3 is 2.80 bits per heavy atom. The Balaban J connectivity index is 1.87. The Morgan fingerprint density at radius 1 is 1.40 bits per heavy atom. The van der Waals surface area contributed by atoms with Gasteiger partial charge in [0.15, 0.2) is 0 Å². The fraction of sp³-hybridized carbons (Fsp3) is 0.286. The van der Waals surface area contributed by atoms with E-state index in [0.29, 0.717) is 11.6 Å². The number of nitrogens with zero attached hydrogens (tertiary/aromatic N) is 1. The summed E-state index contributed by atoms with van der Waals surface area (Å²) < 4.78 is 13.5. The third kappa shape index (κ3) is 2.80. The first-order chi connectivity index (χ1) is 9.63. The van der Waals surface area contributed by atoms with Crippen LogP contribution in [0.15, 0.2) is 35.7 Å². The predicted molar refractivity (Wildman–Crippen MR) is 76.5 cm³/mol. The van der Waals surface area contributed by atoms with E-state index in [9.17, 15) is 14.5 Å². The SMILES string of the molecule is O=[N+]([O-])c1cc(F)cc(NC(c2cccs2)C2CC2)c1. The Bertz CT molecular complexity index is 626. The van der Waals surface area contributed by atoms with Crippen molar-refractivity contribution < 1.29 is 9.31 Å². The van der Waals surface area contributed by atoms with Crippen LogP contribution in [0, 0.1) is 21.8 Å². The van der Waals surface area contributed by atoms with Gasteiger partial charge in [0.05, 0.1) is 17.0 Å². The molecule has 1 atom stereocenters. The van der Waals surface area contributed by atoms with Crippen LogP contribution in [0.25, 0.3) is 0 Å². The third-order valence-electron chi connectivity index (χ3n) is 3.36. The molecule has 1 fully saturated rings. The smallest absolute Gasteiger partial charge is 0.274 e. The lowest BCUT2D eigenvalue weighted by Crippen LogP contribution is -2.11. The molecule has 4 nitrogen and oxygen atoms in total. The maximum atomic E-state index is 13.5. The molecular formula is C14H13FN2O2S. The van der Waals surface area contributed by atoms with Gasteiger partial charge in [0.25, 0.3) is 5.69 Å². The molecule has 1 aliphatic rings. The minimum absolute atomic E-state index is 0.108. The second kappa shape index (κ2) is 5.20. The molecule has 3 rings (SSSR count). The molecule has 0 spiro atoms. The highest BCUT2D eigenvalue weighted by molar-refractivity contribution is 7.10. The topological polar surface area (TPSA) is 55.2 Å². The first kappa shape index (κ1) is 13.1. The molecule has 1 aromatic heterocycles. The average Bonchev–Trinajstić information content (AvgIpc) is 3.10. The quantitative estimate of drug-likeness (QED) is 0.658. The minimum atomic E-state index is -0.595. The fourth-order valence-corrected chi connectivity index (χ4v) is 3.13. The molecule has 1 N–H and O–H groups in total. The van der Waals surface area contributed by atoms with E-state index in [1.54, 1.807) is 11.3 Å². The van der Waals surface area contributed by atoms with Gasteiger partial charge in [-0.2, -0.15) is 0 Å². The Labute approximate surface area is 119 Å². The van der Waals surface area contributed by atoms with Crippen molar-refractivity contribution in [3.8, 4) is 0 Å². The maximum absolute atomic E-state index is 13.5. The number of non-ortho nitro benzene ring substituents is 1. The van der Waals surface area contributed by atoms with E-state index in [4.69, 9.17) is 0 Å². The molecule has 2 aromatic rings. The number of rotatable bonds is 5. The summed E-state index contributed by atoms with van der Waals surface area (Å²) in [6.07, 6.45) is 2.26. The number of nitro groups is 1. The van der Waals surface area contributed by atoms with E-state index in [0.717, 1.165) is 18.9 Å². The van der Waals surface area contributed by atoms with Crippen LogP contribution in [0.4, 0.5) is 15.8 Å². The molecule has 1 aliphatic carbocycles. The summed E-state index contributed by atoms with van der Waals surface area (Å²) in [6.45, 7) is 0. The lowest BCUT2D eigenvalue weighted by atomic mass is 10.1. The lowest BCUT2D eigenvalue weighted by molar-refractivity contribution is -0.385. The highest BCUT2D eigenvalue weighted by Gasteiger charge is 2.33. The van der Waals surface area contributed by atoms with E-state index >= 15 is 0 Å². The zero-order chi connectivity index (χ0) is 14.1. The van der Waals surface area contributed by atoms with Crippen LogP contribution in [-0.2, 0) is 0 Å². The summed E-state index contributed by atoms with van der Waals surface area (Å²) in [5.74, 6) is -0.0709. The maximum Gasteiger partial charge on any atom is 0.274 e. The number of thiophene rings is 1. The largest absolute Gasteiger partial charge is 0.377 e. The number of hydrogen-bond acceptors (Lipinski definition) is 4. The van der Waals surface area contributed by atoms with Gasteiger partial charge in [0.2, 0.25) is 0 Å². The zero-order valence-corrected chi connectivity index (χ0v) is 11.4. The molecule has 0 aliphatic heterocycles. The molecule has 0 saturated heterocycles. The van der Waals surface area contributed by atoms with Crippen molar-refractivity contribution >= 4 is 22.7 Å². The molecule has 6 heteroatoms. The normalized spacial score (nSPS) is 15.8. The number of halogens is 1. The number of benzene rings is 1. The monoisotopic (exact) mass is 292 g/mol. The summed E-state index contributed by atoms with van der Waals surface area (Å²) in [7, 11) is 0. The third-order valence-corrected chi connectivity index (χ3v) is 4.31. The Kier molecular flexibility index (Phi) is 3.40. The summed E-state index contributed by atoms with van der Waals surface area (Å²) in [5, 5.41) is 16.0. The predicted octanol–water partition coefficient (Wildman–Crippen LogP) is 4.36. The van der Waals surface area contributed by atoms with Gasteiger partial charge in [-0.15, -0.1) is 11.3 Å². The molecule has 1 unspecified atom stereocenters. The van der Waals surface area contributed by atoms with Gasteiger partial charge in [0, 0.05) is 16.6 Å². The second-order valence-electron chi connectivity index (χ2n) is 4.93. The van der Waals surface area contributed by atoms with Crippen LogP contribution in [0.2, 0.25) is 0 Å². The first-order valence-corrected chi connectivity index (χ1v) is 7.26.